The second-order valence-corrected chi connectivity index (χ2v) is 5.70. The van der Waals surface area contributed by atoms with Crippen LogP contribution in [-0.2, 0) is 0 Å². The summed E-state index contributed by atoms with van der Waals surface area (Å²) >= 11 is 8.22. The van der Waals surface area contributed by atoms with Gasteiger partial charge < -0.3 is 10.6 Å². The van der Waals surface area contributed by atoms with Gasteiger partial charge in [-0.05, 0) is 53.3 Å². The average Bonchev–Trinajstić information content (AvgIpc) is 2.40. The van der Waals surface area contributed by atoms with E-state index in [2.05, 4.69) is 45.1 Å². The molecule has 0 fully saturated rings. The summed E-state index contributed by atoms with van der Waals surface area (Å²) in [6, 6.07) is 9.73. The minimum absolute atomic E-state index is 0.745. The van der Waals surface area contributed by atoms with Gasteiger partial charge in [0.05, 0.1) is 5.69 Å². The largest absolute Gasteiger partial charge is 0.370 e. The number of benzene rings is 1. The zero-order chi connectivity index (χ0) is 13.7. The van der Waals surface area contributed by atoms with Crippen LogP contribution in [0.3, 0.4) is 0 Å². The Kier molecular flexibility index (Phi) is 5.27. The van der Waals surface area contributed by atoms with E-state index in [0.717, 1.165) is 38.8 Å². The number of nitrogens with zero attached hydrogens (tertiary/aromatic N) is 1. The molecular weight excluding hydrogens is 373 g/mol. The number of aromatic nitrogens is 1. The van der Waals surface area contributed by atoms with Gasteiger partial charge in [0.15, 0.2) is 0 Å². The highest BCUT2D eigenvalue weighted by atomic mass is 127. The van der Waals surface area contributed by atoms with Gasteiger partial charge in [0.25, 0.3) is 0 Å². The first-order valence-corrected chi connectivity index (χ1v) is 7.56. The van der Waals surface area contributed by atoms with Gasteiger partial charge in [-0.15, -0.1) is 0 Å². The molecule has 1 aromatic carbocycles. The summed E-state index contributed by atoms with van der Waals surface area (Å²) in [5.41, 5.74) is 2.05. The minimum atomic E-state index is 0.745. The lowest BCUT2D eigenvalue weighted by Gasteiger charge is -2.10. The normalized spacial score (nSPS) is 10.3. The molecular formula is C14H15ClIN3. The molecule has 0 aliphatic carbocycles. The van der Waals surface area contributed by atoms with Crippen molar-refractivity contribution in [3.8, 4) is 0 Å². The number of pyridine rings is 1. The predicted molar refractivity (Wildman–Crippen MR) is 90.5 cm³/mol. The lowest BCUT2D eigenvalue weighted by atomic mass is 10.3. The number of rotatable bonds is 5. The predicted octanol–water partition coefficient (Wildman–Crippen LogP) is 4.91. The molecule has 0 unspecified atom stereocenters. The first-order valence-electron chi connectivity index (χ1n) is 6.11. The highest BCUT2D eigenvalue weighted by molar-refractivity contribution is 14.1. The van der Waals surface area contributed by atoms with Gasteiger partial charge in [-0.1, -0.05) is 18.5 Å². The molecule has 0 spiro atoms. The lowest BCUT2D eigenvalue weighted by Crippen LogP contribution is -2.02. The van der Waals surface area contributed by atoms with Crippen LogP contribution in [-0.4, -0.2) is 11.5 Å². The maximum Gasteiger partial charge on any atom is 0.127 e. The summed E-state index contributed by atoms with van der Waals surface area (Å²) in [7, 11) is 0. The van der Waals surface area contributed by atoms with Crippen molar-refractivity contribution in [3.05, 3.63) is 45.1 Å². The van der Waals surface area contributed by atoms with E-state index < -0.39 is 0 Å². The van der Waals surface area contributed by atoms with Crippen molar-refractivity contribution in [1.82, 2.24) is 4.98 Å². The van der Waals surface area contributed by atoms with Crippen molar-refractivity contribution in [2.24, 2.45) is 0 Å². The summed E-state index contributed by atoms with van der Waals surface area (Å²) in [5.74, 6) is 0.885. The Bertz CT molecular complexity index is 560. The van der Waals surface area contributed by atoms with Crippen LogP contribution >= 0.6 is 34.2 Å². The van der Waals surface area contributed by atoms with Crippen LogP contribution in [0, 0.1) is 3.57 Å². The highest BCUT2D eigenvalue weighted by Gasteiger charge is 2.02. The smallest absolute Gasteiger partial charge is 0.127 e. The highest BCUT2D eigenvalue weighted by Crippen LogP contribution is 2.26. The first kappa shape index (κ1) is 14.4. The Morgan fingerprint density at radius 2 is 2.11 bits per heavy atom. The summed E-state index contributed by atoms with van der Waals surface area (Å²) < 4.78 is 1.09. The number of hydrogen-bond donors (Lipinski definition) is 2. The van der Waals surface area contributed by atoms with Crippen LogP contribution < -0.4 is 10.6 Å². The number of halogens is 2. The molecule has 2 aromatic rings. The molecule has 0 atom stereocenters. The molecule has 5 heteroatoms. The van der Waals surface area contributed by atoms with E-state index in [1.165, 1.54) is 0 Å². The second kappa shape index (κ2) is 6.96. The van der Waals surface area contributed by atoms with Crippen molar-refractivity contribution in [2.45, 2.75) is 13.3 Å². The molecule has 0 saturated heterocycles. The molecule has 0 saturated carbocycles. The molecule has 3 nitrogen and oxygen atoms in total. The molecule has 2 N–H and O–H groups in total. The monoisotopic (exact) mass is 387 g/mol. The molecule has 1 heterocycles. The Balaban J connectivity index is 2.14. The number of anilines is 3. The number of hydrogen-bond acceptors (Lipinski definition) is 3. The van der Waals surface area contributed by atoms with Crippen LogP contribution in [0.2, 0.25) is 5.02 Å². The van der Waals surface area contributed by atoms with Crippen molar-refractivity contribution in [2.75, 3.05) is 17.2 Å². The molecule has 0 bridgehead atoms. The fourth-order valence-electron chi connectivity index (χ4n) is 1.60. The second-order valence-electron chi connectivity index (χ2n) is 4.11. The molecule has 2 rings (SSSR count). The average molecular weight is 388 g/mol. The SMILES string of the molecule is CCCNc1cc(Nc2ccc(Cl)cc2I)ccn1. The van der Waals surface area contributed by atoms with Gasteiger partial charge in [0, 0.05) is 33.1 Å². The Morgan fingerprint density at radius 3 is 2.84 bits per heavy atom. The van der Waals surface area contributed by atoms with Gasteiger partial charge in [-0.2, -0.15) is 0 Å². The Morgan fingerprint density at radius 1 is 1.26 bits per heavy atom. The van der Waals surface area contributed by atoms with Gasteiger partial charge in [-0.3, -0.25) is 0 Å². The summed E-state index contributed by atoms with van der Waals surface area (Å²) in [6.07, 6.45) is 2.87. The first-order chi connectivity index (χ1) is 9.19. The van der Waals surface area contributed by atoms with Gasteiger partial charge in [0.2, 0.25) is 0 Å². The summed E-state index contributed by atoms with van der Waals surface area (Å²) in [5, 5.41) is 7.39. The number of nitrogens with one attached hydrogen (secondary N) is 2. The van der Waals surface area contributed by atoms with Crippen molar-refractivity contribution in [1.29, 1.82) is 0 Å². The van der Waals surface area contributed by atoms with Crippen molar-refractivity contribution in [3.63, 3.8) is 0 Å². The van der Waals surface area contributed by atoms with E-state index in [-0.39, 0.29) is 0 Å². The maximum absolute atomic E-state index is 5.95. The molecule has 19 heavy (non-hydrogen) atoms. The van der Waals surface area contributed by atoms with E-state index in [4.69, 9.17) is 11.6 Å². The fourth-order valence-corrected chi connectivity index (χ4v) is 2.61. The van der Waals surface area contributed by atoms with Crippen LogP contribution in [0.15, 0.2) is 36.5 Å². The van der Waals surface area contributed by atoms with Crippen LogP contribution in [0.25, 0.3) is 0 Å². The van der Waals surface area contributed by atoms with Crippen molar-refractivity contribution < 1.29 is 0 Å². The lowest BCUT2D eigenvalue weighted by molar-refractivity contribution is 0.969. The zero-order valence-corrected chi connectivity index (χ0v) is 13.5. The molecule has 0 aliphatic heterocycles. The molecule has 0 aliphatic rings. The van der Waals surface area contributed by atoms with Gasteiger partial charge >= 0.3 is 0 Å². The summed E-state index contributed by atoms with van der Waals surface area (Å²) in [4.78, 5) is 4.28. The third-order valence-corrected chi connectivity index (χ3v) is 3.65. The standard InChI is InChI=1S/C14H15ClIN3/c1-2-6-17-14-9-11(5-7-18-14)19-13-4-3-10(15)8-12(13)16/h3-5,7-9H,2,6H2,1H3,(H2,17,18,19). The van der Waals surface area contributed by atoms with E-state index in [1.807, 2.05) is 30.3 Å². The van der Waals surface area contributed by atoms with Crippen LogP contribution in [0.5, 0.6) is 0 Å². The van der Waals surface area contributed by atoms with Gasteiger partial charge in [0.1, 0.15) is 5.82 Å². The molecule has 100 valence electrons. The van der Waals surface area contributed by atoms with E-state index in [1.54, 1.807) is 6.20 Å². The topological polar surface area (TPSA) is 37.0 Å². The third kappa shape index (κ3) is 4.24. The summed E-state index contributed by atoms with van der Waals surface area (Å²) in [6.45, 7) is 3.06. The van der Waals surface area contributed by atoms with Crippen LogP contribution in [0.1, 0.15) is 13.3 Å². The van der Waals surface area contributed by atoms with E-state index >= 15 is 0 Å². The maximum atomic E-state index is 5.95. The molecule has 0 amide bonds. The zero-order valence-electron chi connectivity index (χ0n) is 10.6. The third-order valence-electron chi connectivity index (χ3n) is 2.53. The Labute approximate surface area is 131 Å². The van der Waals surface area contributed by atoms with Gasteiger partial charge in [-0.25, -0.2) is 4.98 Å². The van der Waals surface area contributed by atoms with Crippen molar-refractivity contribution >= 4 is 51.4 Å². The minimum Gasteiger partial charge on any atom is -0.370 e. The fraction of sp³-hybridized carbons (Fsp3) is 0.214. The Hall–Kier alpha value is -1.01. The molecule has 1 aromatic heterocycles. The molecule has 0 radical (unpaired) electrons. The van der Waals surface area contributed by atoms with Crippen LogP contribution in [0.4, 0.5) is 17.2 Å². The van der Waals surface area contributed by atoms with E-state index in [9.17, 15) is 0 Å². The van der Waals surface area contributed by atoms with E-state index in [0.29, 0.717) is 0 Å². The quantitative estimate of drug-likeness (QED) is 0.716.